The standard InChI is InChI=1S/C30H45N5O3S/c1-22-27(12-9-23-7-10-24(11-8-23)30(2,3)4)31-21-32-28(22)29(36)35-17-13-25(14-18-35)34-19-15-26(16-20-34)39(37,38)33(5)6/h7-8,10-11,21,25-26H,9,12-20H2,1-6H3. The van der Waals surface area contributed by atoms with E-state index in [4.69, 9.17) is 0 Å². The minimum absolute atomic E-state index is 0.0140. The Morgan fingerprint density at radius 1 is 0.949 bits per heavy atom. The summed E-state index contributed by atoms with van der Waals surface area (Å²) in [6.45, 7) is 11.6. The zero-order chi connectivity index (χ0) is 28.4. The predicted molar refractivity (Wildman–Crippen MR) is 155 cm³/mol. The van der Waals surface area contributed by atoms with E-state index in [9.17, 15) is 13.2 Å². The van der Waals surface area contributed by atoms with Gasteiger partial charge in [-0.3, -0.25) is 4.79 Å². The lowest BCUT2D eigenvalue weighted by Crippen LogP contribution is -2.51. The smallest absolute Gasteiger partial charge is 0.272 e. The maximum atomic E-state index is 13.4. The van der Waals surface area contributed by atoms with Crippen LogP contribution in [0.15, 0.2) is 30.6 Å². The van der Waals surface area contributed by atoms with E-state index in [1.807, 2.05) is 11.8 Å². The summed E-state index contributed by atoms with van der Waals surface area (Å²) in [5.41, 5.74) is 5.04. The minimum Gasteiger partial charge on any atom is -0.337 e. The molecule has 0 N–H and O–H groups in total. The highest BCUT2D eigenvalue weighted by atomic mass is 32.2. The fourth-order valence-corrected chi connectivity index (χ4v) is 7.21. The number of carbonyl (C=O) groups excluding carboxylic acids is 1. The molecule has 2 fully saturated rings. The van der Waals surface area contributed by atoms with E-state index in [1.54, 1.807) is 14.1 Å². The number of piperidine rings is 2. The molecule has 3 heterocycles. The average Bonchev–Trinajstić information content (AvgIpc) is 2.92. The zero-order valence-corrected chi connectivity index (χ0v) is 25.3. The van der Waals surface area contributed by atoms with Gasteiger partial charge in [0.15, 0.2) is 0 Å². The Morgan fingerprint density at radius 3 is 2.13 bits per heavy atom. The molecule has 0 unspecified atom stereocenters. The summed E-state index contributed by atoms with van der Waals surface area (Å²) in [7, 11) is 0.0288. The van der Waals surface area contributed by atoms with Crippen molar-refractivity contribution >= 4 is 15.9 Å². The first kappa shape index (κ1) is 29.6. The first-order valence-electron chi connectivity index (χ1n) is 14.2. The Balaban J connectivity index is 1.31. The Morgan fingerprint density at radius 2 is 1.56 bits per heavy atom. The fourth-order valence-electron chi connectivity index (χ4n) is 5.81. The molecule has 2 aromatic rings. The Bertz CT molecular complexity index is 1240. The van der Waals surface area contributed by atoms with Crippen LogP contribution in [0.4, 0.5) is 0 Å². The Hall–Kier alpha value is -2.36. The van der Waals surface area contributed by atoms with Gasteiger partial charge < -0.3 is 9.80 Å². The first-order chi connectivity index (χ1) is 18.4. The number of rotatable bonds is 7. The van der Waals surface area contributed by atoms with E-state index >= 15 is 0 Å². The highest BCUT2D eigenvalue weighted by Gasteiger charge is 2.35. The van der Waals surface area contributed by atoms with Crippen LogP contribution in [-0.2, 0) is 28.3 Å². The van der Waals surface area contributed by atoms with E-state index in [1.165, 1.54) is 21.8 Å². The molecule has 0 aliphatic carbocycles. The summed E-state index contributed by atoms with van der Waals surface area (Å²) >= 11 is 0. The van der Waals surface area contributed by atoms with Crippen LogP contribution in [0.3, 0.4) is 0 Å². The maximum absolute atomic E-state index is 13.4. The van der Waals surface area contributed by atoms with Gasteiger partial charge in [-0.25, -0.2) is 22.7 Å². The van der Waals surface area contributed by atoms with Crippen LogP contribution < -0.4 is 0 Å². The zero-order valence-electron chi connectivity index (χ0n) is 24.5. The van der Waals surface area contributed by atoms with Gasteiger partial charge in [0.2, 0.25) is 10.0 Å². The summed E-state index contributed by atoms with van der Waals surface area (Å²) in [5.74, 6) is -0.0140. The van der Waals surface area contributed by atoms with E-state index < -0.39 is 10.0 Å². The number of aryl methyl sites for hydroxylation is 2. The van der Waals surface area contributed by atoms with Crippen LogP contribution >= 0.6 is 0 Å². The van der Waals surface area contributed by atoms with Gasteiger partial charge in [0, 0.05) is 44.5 Å². The summed E-state index contributed by atoms with van der Waals surface area (Å²) < 4.78 is 26.3. The number of hydrogen-bond acceptors (Lipinski definition) is 6. The molecule has 214 valence electrons. The SMILES string of the molecule is Cc1c(CCc2ccc(C(C)(C)C)cc2)ncnc1C(=O)N1CCC(N2CCC(S(=O)(=O)N(C)C)CC2)CC1. The highest BCUT2D eigenvalue weighted by molar-refractivity contribution is 7.89. The predicted octanol–water partition coefficient (Wildman–Crippen LogP) is 3.83. The monoisotopic (exact) mass is 555 g/mol. The number of carbonyl (C=O) groups is 1. The van der Waals surface area contributed by atoms with E-state index in [0.29, 0.717) is 37.7 Å². The van der Waals surface area contributed by atoms with Crippen molar-refractivity contribution in [1.82, 2.24) is 24.1 Å². The quantitative estimate of drug-likeness (QED) is 0.516. The topological polar surface area (TPSA) is 86.7 Å². The van der Waals surface area contributed by atoms with Crippen LogP contribution in [0, 0.1) is 6.92 Å². The molecule has 2 saturated heterocycles. The van der Waals surface area contributed by atoms with E-state index in [2.05, 4.69) is 59.9 Å². The molecule has 1 aromatic carbocycles. The summed E-state index contributed by atoms with van der Waals surface area (Å²) in [6.07, 6.45) is 6.30. The van der Waals surface area contributed by atoms with Crippen molar-refractivity contribution < 1.29 is 13.2 Å². The number of sulfonamides is 1. The van der Waals surface area contributed by atoms with Gasteiger partial charge in [0.05, 0.1) is 5.25 Å². The third-order valence-corrected chi connectivity index (χ3v) is 10.9. The first-order valence-corrected chi connectivity index (χ1v) is 15.7. The third-order valence-electron chi connectivity index (χ3n) is 8.54. The molecule has 1 aromatic heterocycles. The van der Waals surface area contributed by atoms with Crippen molar-refractivity contribution in [2.24, 2.45) is 0 Å². The molecule has 2 aliphatic heterocycles. The molecule has 9 heteroatoms. The highest BCUT2D eigenvalue weighted by Crippen LogP contribution is 2.26. The van der Waals surface area contributed by atoms with Gasteiger partial charge in [0.25, 0.3) is 5.91 Å². The molecule has 4 rings (SSSR count). The van der Waals surface area contributed by atoms with Crippen molar-refractivity contribution in [2.45, 2.75) is 82.9 Å². The number of benzene rings is 1. The summed E-state index contributed by atoms with van der Waals surface area (Å²) in [5, 5.41) is -0.289. The molecule has 8 nitrogen and oxygen atoms in total. The van der Waals surface area contributed by atoms with Gasteiger partial charge >= 0.3 is 0 Å². The molecule has 0 spiro atoms. The number of likely N-dealkylation sites (tertiary alicyclic amines) is 2. The summed E-state index contributed by atoms with van der Waals surface area (Å²) in [6, 6.07) is 9.18. The van der Waals surface area contributed by atoms with E-state index in [-0.39, 0.29) is 16.6 Å². The minimum atomic E-state index is -3.20. The lowest BCUT2D eigenvalue weighted by molar-refractivity contribution is 0.0584. The second-order valence-corrected chi connectivity index (χ2v) is 14.8. The summed E-state index contributed by atoms with van der Waals surface area (Å²) in [4.78, 5) is 26.7. The average molecular weight is 556 g/mol. The molecule has 0 bridgehead atoms. The Kier molecular flexibility index (Phi) is 9.13. The molecule has 0 atom stereocenters. The van der Waals surface area contributed by atoms with Crippen molar-refractivity contribution in [3.8, 4) is 0 Å². The number of amides is 1. The molecule has 0 radical (unpaired) electrons. The molecule has 0 saturated carbocycles. The van der Waals surface area contributed by atoms with Crippen LogP contribution in [-0.4, -0.2) is 90.0 Å². The lowest BCUT2D eigenvalue weighted by Gasteiger charge is -2.41. The number of hydrogen-bond donors (Lipinski definition) is 0. The normalized spacial score (nSPS) is 18.6. The van der Waals surface area contributed by atoms with Crippen molar-refractivity contribution in [3.05, 3.63) is 58.7 Å². The number of aromatic nitrogens is 2. The second kappa shape index (κ2) is 12.0. The van der Waals surface area contributed by atoms with Crippen LogP contribution in [0.2, 0.25) is 0 Å². The van der Waals surface area contributed by atoms with Gasteiger partial charge in [-0.15, -0.1) is 0 Å². The second-order valence-electron chi connectivity index (χ2n) is 12.3. The van der Waals surface area contributed by atoms with Crippen LogP contribution in [0.1, 0.15) is 79.3 Å². The maximum Gasteiger partial charge on any atom is 0.272 e. The molecule has 1 amide bonds. The van der Waals surface area contributed by atoms with Crippen LogP contribution in [0.25, 0.3) is 0 Å². The molecular weight excluding hydrogens is 510 g/mol. The van der Waals surface area contributed by atoms with Crippen LogP contribution in [0.5, 0.6) is 0 Å². The lowest BCUT2D eigenvalue weighted by atomic mass is 9.86. The van der Waals surface area contributed by atoms with Crippen molar-refractivity contribution in [3.63, 3.8) is 0 Å². The molecular formula is C30H45N5O3S. The van der Waals surface area contributed by atoms with Gasteiger partial charge in [-0.05, 0) is 75.1 Å². The largest absolute Gasteiger partial charge is 0.337 e. The van der Waals surface area contributed by atoms with Crippen molar-refractivity contribution in [1.29, 1.82) is 0 Å². The van der Waals surface area contributed by atoms with E-state index in [0.717, 1.165) is 50.0 Å². The number of nitrogens with zero attached hydrogens (tertiary/aromatic N) is 5. The third kappa shape index (κ3) is 6.87. The molecule has 2 aliphatic rings. The Labute approximate surface area is 234 Å². The van der Waals surface area contributed by atoms with Crippen molar-refractivity contribution in [2.75, 3.05) is 40.3 Å². The van der Waals surface area contributed by atoms with Gasteiger partial charge in [0.1, 0.15) is 12.0 Å². The van der Waals surface area contributed by atoms with Gasteiger partial charge in [-0.1, -0.05) is 45.0 Å². The molecule has 39 heavy (non-hydrogen) atoms. The fraction of sp³-hybridized carbons (Fsp3) is 0.633. The van der Waals surface area contributed by atoms with Gasteiger partial charge in [-0.2, -0.15) is 0 Å².